The largest absolute Gasteiger partial charge is 0.371 e. The Morgan fingerprint density at radius 2 is 2.27 bits per heavy atom. The van der Waals surface area contributed by atoms with Crippen molar-refractivity contribution in [2.75, 3.05) is 26.0 Å². The fraction of sp³-hybridized carbons (Fsp3) is 0.286. The maximum absolute atomic E-state index is 12.4. The molecule has 3 aromatic heterocycles. The predicted octanol–water partition coefficient (Wildman–Crippen LogP) is 1.88. The summed E-state index contributed by atoms with van der Waals surface area (Å²) in [4.78, 5) is 28.0. The Balaban J connectivity index is 2.21. The van der Waals surface area contributed by atoms with Gasteiger partial charge >= 0.3 is 0 Å². The van der Waals surface area contributed by atoms with Gasteiger partial charge in [-0.25, -0.2) is 15.0 Å². The van der Waals surface area contributed by atoms with Gasteiger partial charge in [0.1, 0.15) is 21.4 Å². The minimum absolute atomic E-state index is 0.135. The van der Waals surface area contributed by atoms with E-state index in [1.54, 1.807) is 31.4 Å². The van der Waals surface area contributed by atoms with Crippen LogP contribution >= 0.6 is 11.3 Å². The van der Waals surface area contributed by atoms with E-state index in [0.717, 1.165) is 15.9 Å². The maximum Gasteiger partial charge on any atom is 0.282 e. The van der Waals surface area contributed by atoms with Crippen LogP contribution in [0.25, 0.3) is 21.4 Å². The molecule has 114 valence electrons. The molecule has 0 aliphatic carbocycles. The second-order valence-electron chi connectivity index (χ2n) is 4.91. The number of rotatable bonds is 4. The van der Waals surface area contributed by atoms with Gasteiger partial charge in [0.25, 0.3) is 5.91 Å². The first kappa shape index (κ1) is 14.5. The van der Waals surface area contributed by atoms with Crippen LogP contribution in [0.3, 0.4) is 0 Å². The molecule has 0 fully saturated rings. The van der Waals surface area contributed by atoms with Crippen molar-refractivity contribution >= 4 is 44.4 Å². The number of fused-ring (bicyclic) bond motifs is 3. The summed E-state index contributed by atoms with van der Waals surface area (Å²) in [6, 6.07) is 0. The smallest absolute Gasteiger partial charge is 0.282 e. The third-order valence-corrected chi connectivity index (χ3v) is 4.31. The summed E-state index contributed by atoms with van der Waals surface area (Å²) < 4.78 is 1.89. The van der Waals surface area contributed by atoms with Crippen molar-refractivity contribution in [3.63, 3.8) is 0 Å². The second-order valence-corrected chi connectivity index (χ2v) is 5.89. The summed E-state index contributed by atoms with van der Waals surface area (Å²) in [7, 11) is 5.42. The summed E-state index contributed by atoms with van der Waals surface area (Å²) in [6.45, 7) is 4.12. The molecular formula is C14H16N6OS. The molecule has 0 unspecified atom stereocenters. The Bertz CT molecular complexity index is 880. The SMILES string of the molecule is C=CCN(C)C(=O)c1nc2c(nc(NC)c3ncn(C)c32)s1. The highest BCUT2D eigenvalue weighted by molar-refractivity contribution is 7.20. The number of anilines is 1. The fourth-order valence-electron chi connectivity index (χ4n) is 2.28. The lowest BCUT2D eigenvalue weighted by molar-refractivity contribution is 0.0810. The van der Waals surface area contributed by atoms with Gasteiger partial charge in [-0.3, -0.25) is 4.79 Å². The molecule has 1 N–H and O–H groups in total. The minimum Gasteiger partial charge on any atom is -0.371 e. The summed E-state index contributed by atoms with van der Waals surface area (Å²) in [5, 5.41) is 3.46. The molecule has 0 saturated carbocycles. The highest BCUT2D eigenvalue weighted by Gasteiger charge is 2.20. The van der Waals surface area contributed by atoms with Crippen LogP contribution in [0.2, 0.25) is 0 Å². The number of aromatic nitrogens is 4. The van der Waals surface area contributed by atoms with E-state index in [9.17, 15) is 4.79 Å². The zero-order valence-corrected chi connectivity index (χ0v) is 13.4. The van der Waals surface area contributed by atoms with Gasteiger partial charge in [0.2, 0.25) is 0 Å². The highest BCUT2D eigenvalue weighted by atomic mass is 32.1. The number of likely N-dealkylation sites (N-methyl/N-ethyl adjacent to an activating group) is 1. The van der Waals surface area contributed by atoms with Crippen LogP contribution in [0.15, 0.2) is 19.0 Å². The van der Waals surface area contributed by atoms with Crippen molar-refractivity contribution in [1.82, 2.24) is 24.4 Å². The number of hydrogen-bond acceptors (Lipinski definition) is 6. The topological polar surface area (TPSA) is 75.9 Å². The van der Waals surface area contributed by atoms with Crippen LogP contribution < -0.4 is 5.32 Å². The molecule has 3 aromatic rings. The Labute approximate surface area is 131 Å². The number of carbonyl (C=O) groups excluding carboxylic acids is 1. The number of imidazole rings is 1. The van der Waals surface area contributed by atoms with Crippen molar-refractivity contribution in [3.05, 3.63) is 24.0 Å². The maximum atomic E-state index is 12.4. The van der Waals surface area contributed by atoms with Gasteiger partial charge in [-0.1, -0.05) is 17.4 Å². The average molecular weight is 316 g/mol. The summed E-state index contributed by atoms with van der Waals surface area (Å²) in [5.74, 6) is 0.550. The lowest BCUT2D eigenvalue weighted by Crippen LogP contribution is -2.26. The van der Waals surface area contributed by atoms with E-state index < -0.39 is 0 Å². The second kappa shape index (κ2) is 5.38. The van der Waals surface area contributed by atoms with E-state index in [4.69, 9.17) is 0 Å². The normalized spacial score (nSPS) is 11.0. The first-order valence-corrected chi connectivity index (χ1v) is 7.54. The van der Waals surface area contributed by atoms with Crippen LogP contribution in [0, 0.1) is 0 Å². The number of pyridine rings is 1. The zero-order valence-electron chi connectivity index (χ0n) is 12.6. The van der Waals surface area contributed by atoms with E-state index in [-0.39, 0.29) is 5.91 Å². The lowest BCUT2D eigenvalue weighted by atomic mass is 10.3. The highest BCUT2D eigenvalue weighted by Crippen LogP contribution is 2.31. The Kier molecular flexibility index (Phi) is 3.53. The molecule has 0 spiro atoms. The van der Waals surface area contributed by atoms with Crippen molar-refractivity contribution in [2.24, 2.45) is 7.05 Å². The molecule has 3 rings (SSSR count). The Hall–Kier alpha value is -2.48. The first-order valence-electron chi connectivity index (χ1n) is 6.72. The minimum atomic E-state index is -0.135. The molecule has 0 aliphatic rings. The van der Waals surface area contributed by atoms with E-state index in [1.165, 1.54) is 11.3 Å². The van der Waals surface area contributed by atoms with Crippen molar-refractivity contribution in [1.29, 1.82) is 0 Å². The van der Waals surface area contributed by atoms with Crippen LogP contribution in [0.1, 0.15) is 9.80 Å². The Morgan fingerprint density at radius 1 is 1.50 bits per heavy atom. The van der Waals surface area contributed by atoms with Gasteiger partial charge in [0, 0.05) is 27.7 Å². The lowest BCUT2D eigenvalue weighted by Gasteiger charge is -2.11. The summed E-state index contributed by atoms with van der Waals surface area (Å²) >= 11 is 1.29. The molecule has 22 heavy (non-hydrogen) atoms. The molecule has 1 amide bonds. The summed E-state index contributed by atoms with van der Waals surface area (Å²) in [5.41, 5.74) is 2.33. The van der Waals surface area contributed by atoms with E-state index >= 15 is 0 Å². The van der Waals surface area contributed by atoms with Crippen LogP contribution in [0.5, 0.6) is 0 Å². The molecule has 3 heterocycles. The quantitative estimate of drug-likeness (QED) is 0.744. The third-order valence-electron chi connectivity index (χ3n) is 3.38. The number of hydrogen-bond donors (Lipinski definition) is 1. The number of aryl methyl sites for hydroxylation is 1. The Morgan fingerprint density at radius 3 is 2.95 bits per heavy atom. The standard InChI is InChI=1S/C14H16N6OS/c1-5-6-19(3)14(21)13-17-9-10-8(16-7-20(10)4)11(15-2)18-12(9)22-13/h5,7H,1,6H2,2-4H3,(H,15,18). The number of nitrogens with one attached hydrogen (secondary N) is 1. The molecule has 0 radical (unpaired) electrons. The number of carbonyl (C=O) groups is 1. The number of nitrogens with zero attached hydrogens (tertiary/aromatic N) is 5. The number of amides is 1. The molecule has 0 atom stereocenters. The van der Waals surface area contributed by atoms with E-state index in [2.05, 4.69) is 26.8 Å². The van der Waals surface area contributed by atoms with Gasteiger partial charge in [0.05, 0.1) is 6.33 Å². The van der Waals surface area contributed by atoms with Crippen LogP contribution in [0.4, 0.5) is 5.82 Å². The molecule has 7 nitrogen and oxygen atoms in total. The monoisotopic (exact) mass is 316 g/mol. The summed E-state index contributed by atoms with van der Waals surface area (Å²) in [6.07, 6.45) is 3.40. The van der Waals surface area contributed by atoms with Crippen LogP contribution in [-0.4, -0.2) is 51.0 Å². The molecular weight excluding hydrogens is 300 g/mol. The van der Waals surface area contributed by atoms with Crippen LogP contribution in [-0.2, 0) is 7.05 Å². The number of thiazole rings is 1. The molecule has 0 aliphatic heterocycles. The third kappa shape index (κ3) is 2.12. The van der Waals surface area contributed by atoms with Gasteiger partial charge in [0.15, 0.2) is 10.8 Å². The van der Waals surface area contributed by atoms with Crippen molar-refractivity contribution < 1.29 is 4.79 Å². The van der Waals surface area contributed by atoms with Gasteiger partial charge in [-0.2, -0.15) is 0 Å². The van der Waals surface area contributed by atoms with E-state index in [0.29, 0.717) is 22.9 Å². The first-order chi connectivity index (χ1) is 10.6. The fourth-order valence-corrected chi connectivity index (χ4v) is 3.22. The average Bonchev–Trinajstić information content (AvgIpc) is 3.09. The van der Waals surface area contributed by atoms with Gasteiger partial charge in [-0.15, -0.1) is 6.58 Å². The zero-order chi connectivity index (χ0) is 15.9. The van der Waals surface area contributed by atoms with E-state index in [1.807, 2.05) is 11.6 Å². The molecule has 8 heteroatoms. The van der Waals surface area contributed by atoms with Crippen molar-refractivity contribution in [2.45, 2.75) is 0 Å². The van der Waals surface area contributed by atoms with Gasteiger partial charge < -0.3 is 14.8 Å². The van der Waals surface area contributed by atoms with Crippen molar-refractivity contribution in [3.8, 4) is 0 Å². The molecule has 0 aromatic carbocycles. The molecule has 0 saturated heterocycles. The molecule has 0 bridgehead atoms. The predicted molar refractivity (Wildman–Crippen MR) is 88.4 cm³/mol. The van der Waals surface area contributed by atoms with Gasteiger partial charge in [-0.05, 0) is 0 Å².